The average molecular weight is 446 g/mol. The predicted octanol–water partition coefficient (Wildman–Crippen LogP) is 3.62. The minimum Gasteiger partial charge on any atom is -0.354 e. The zero-order valence-corrected chi connectivity index (χ0v) is 19.3. The van der Waals surface area contributed by atoms with E-state index in [1.54, 1.807) is 0 Å². The lowest BCUT2D eigenvalue weighted by Crippen LogP contribution is -2.48. The molecule has 2 aliphatic carbocycles. The number of nitrogens with zero attached hydrogens (tertiary/aromatic N) is 1. The Morgan fingerprint density at radius 1 is 0.909 bits per heavy atom. The van der Waals surface area contributed by atoms with E-state index < -0.39 is 0 Å². The maximum Gasteiger partial charge on any atom is 0.242 e. The van der Waals surface area contributed by atoms with E-state index in [-0.39, 0.29) is 29.2 Å². The molecule has 3 fully saturated rings. The summed E-state index contributed by atoms with van der Waals surface area (Å²) in [7, 11) is 0. The lowest BCUT2D eigenvalue weighted by atomic mass is 9.85. The molecule has 1 heterocycles. The standard InChI is InChI=1S/C28H35N3O2/c29-23-15-13-20(14-16-23)19-30-26(32)25-12-7-17-31(25)27(33)24-18-28(24,21-8-3-1-4-9-21)22-10-5-2-6-11-22/h1-6,8-11,20,23-25H,7,12-19,29H2,(H,30,32)/t20?,23?,24-,25+/m1/s1. The molecule has 0 radical (unpaired) electrons. The van der Waals surface area contributed by atoms with Crippen LogP contribution in [-0.2, 0) is 15.0 Å². The van der Waals surface area contributed by atoms with Crippen molar-refractivity contribution in [2.24, 2.45) is 17.6 Å². The number of hydrogen-bond acceptors (Lipinski definition) is 3. The van der Waals surface area contributed by atoms with Crippen molar-refractivity contribution in [1.29, 1.82) is 0 Å². The van der Waals surface area contributed by atoms with Gasteiger partial charge in [-0.25, -0.2) is 0 Å². The van der Waals surface area contributed by atoms with Crippen molar-refractivity contribution in [3.8, 4) is 0 Å². The van der Waals surface area contributed by atoms with Gasteiger partial charge in [0, 0.05) is 24.5 Å². The van der Waals surface area contributed by atoms with Crippen molar-refractivity contribution >= 4 is 11.8 Å². The van der Waals surface area contributed by atoms with E-state index in [9.17, 15) is 9.59 Å². The van der Waals surface area contributed by atoms with Crippen molar-refractivity contribution in [2.75, 3.05) is 13.1 Å². The fourth-order valence-corrected chi connectivity index (χ4v) is 6.10. The number of benzene rings is 2. The molecule has 0 unspecified atom stereocenters. The van der Waals surface area contributed by atoms with Gasteiger partial charge in [-0.1, -0.05) is 60.7 Å². The summed E-state index contributed by atoms with van der Waals surface area (Å²) in [6.07, 6.45) is 6.67. The van der Waals surface area contributed by atoms with Crippen molar-refractivity contribution in [1.82, 2.24) is 10.2 Å². The van der Waals surface area contributed by atoms with E-state index in [2.05, 4.69) is 29.6 Å². The fourth-order valence-electron chi connectivity index (χ4n) is 6.10. The Labute approximate surface area is 196 Å². The monoisotopic (exact) mass is 445 g/mol. The molecule has 3 N–H and O–H groups in total. The third-order valence-corrected chi connectivity index (χ3v) is 8.13. The third-order valence-electron chi connectivity index (χ3n) is 8.13. The van der Waals surface area contributed by atoms with Crippen molar-refractivity contribution in [2.45, 2.75) is 62.4 Å². The molecule has 0 spiro atoms. The molecule has 2 aromatic rings. The number of rotatable bonds is 6. The first-order chi connectivity index (χ1) is 16.1. The van der Waals surface area contributed by atoms with Crippen LogP contribution >= 0.6 is 0 Å². The molecular weight excluding hydrogens is 410 g/mol. The molecule has 1 aliphatic heterocycles. The van der Waals surface area contributed by atoms with E-state index >= 15 is 0 Å². The van der Waals surface area contributed by atoms with Gasteiger partial charge in [-0.15, -0.1) is 0 Å². The molecule has 0 aromatic heterocycles. The highest BCUT2D eigenvalue weighted by Gasteiger charge is 2.61. The van der Waals surface area contributed by atoms with Gasteiger partial charge in [0.15, 0.2) is 0 Å². The summed E-state index contributed by atoms with van der Waals surface area (Å²) in [5.41, 5.74) is 8.10. The zero-order chi connectivity index (χ0) is 22.8. The van der Waals surface area contributed by atoms with Crippen LogP contribution in [-0.4, -0.2) is 41.9 Å². The maximum absolute atomic E-state index is 13.8. The summed E-state index contributed by atoms with van der Waals surface area (Å²) in [5.74, 6) is 0.535. The summed E-state index contributed by atoms with van der Waals surface area (Å²) in [6, 6.07) is 20.7. The van der Waals surface area contributed by atoms with E-state index in [0.29, 0.717) is 25.0 Å². The van der Waals surface area contributed by atoms with Crippen LogP contribution < -0.4 is 11.1 Å². The number of nitrogens with two attached hydrogens (primary N) is 1. The summed E-state index contributed by atoms with van der Waals surface area (Å²) in [4.78, 5) is 28.7. The molecule has 2 aromatic carbocycles. The molecular formula is C28H35N3O2. The lowest BCUT2D eigenvalue weighted by molar-refractivity contribution is -0.139. The zero-order valence-electron chi connectivity index (χ0n) is 19.3. The van der Waals surface area contributed by atoms with Gasteiger partial charge in [0.2, 0.25) is 11.8 Å². The van der Waals surface area contributed by atoms with Gasteiger partial charge in [0.25, 0.3) is 0 Å². The second kappa shape index (κ2) is 9.30. The molecule has 5 rings (SSSR count). The minimum atomic E-state index is -0.340. The van der Waals surface area contributed by atoms with Crippen LogP contribution in [0.4, 0.5) is 0 Å². The van der Waals surface area contributed by atoms with E-state index in [0.717, 1.165) is 44.9 Å². The van der Waals surface area contributed by atoms with Crippen molar-refractivity contribution < 1.29 is 9.59 Å². The number of hydrogen-bond donors (Lipinski definition) is 2. The quantitative estimate of drug-likeness (QED) is 0.713. The molecule has 1 saturated heterocycles. The summed E-state index contributed by atoms with van der Waals surface area (Å²) in [6.45, 7) is 1.37. The van der Waals surface area contributed by atoms with Gasteiger partial charge in [0.05, 0.1) is 5.92 Å². The number of likely N-dealkylation sites (tertiary alicyclic amines) is 1. The molecule has 2 atom stereocenters. The number of carbonyl (C=O) groups is 2. The van der Waals surface area contributed by atoms with Gasteiger partial charge >= 0.3 is 0 Å². The topological polar surface area (TPSA) is 75.4 Å². The molecule has 2 amide bonds. The lowest BCUT2D eigenvalue weighted by Gasteiger charge is -2.29. The Bertz CT molecular complexity index is 930. The van der Waals surface area contributed by atoms with Gasteiger partial charge in [-0.05, 0) is 62.0 Å². The van der Waals surface area contributed by atoms with Gasteiger partial charge < -0.3 is 16.0 Å². The Hall–Kier alpha value is -2.66. The van der Waals surface area contributed by atoms with Crippen LogP contribution in [0.15, 0.2) is 60.7 Å². The maximum atomic E-state index is 13.8. The Morgan fingerprint density at radius 3 is 2.12 bits per heavy atom. The highest BCUT2D eigenvalue weighted by atomic mass is 16.2. The highest BCUT2D eigenvalue weighted by Crippen LogP contribution is 2.59. The normalized spacial score (nSPS) is 28.3. The predicted molar refractivity (Wildman–Crippen MR) is 129 cm³/mol. The first-order valence-corrected chi connectivity index (χ1v) is 12.5. The first-order valence-electron chi connectivity index (χ1n) is 12.5. The minimum absolute atomic E-state index is 0.0152. The summed E-state index contributed by atoms with van der Waals surface area (Å²) >= 11 is 0. The van der Waals surface area contributed by atoms with Crippen LogP contribution in [0.1, 0.15) is 56.1 Å². The van der Waals surface area contributed by atoms with Gasteiger partial charge in [-0.3, -0.25) is 9.59 Å². The summed E-state index contributed by atoms with van der Waals surface area (Å²) < 4.78 is 0. The molecule has 33 heavy (non-hydrogen) atoms. The van der Waals surface area contributed by atoms with Crippen LogP contribution in [0.3, 0.4) is 0 Å². The summed E-state index contributed by atoms with van der Waals surface area (Å²) in [5, 5.41) is 3.16. The van der Waals surface area contributed by atoms with Crippen LogP contribution in [0, 0.1) is 11.8 Å². The van der Waals surface area contributed by atoms with Gasteiger partial charge in [-0.2, -0.15) is 0 Å². The third kappa shape index (κ3) is 4.31. The largest absolute Gasteiger partial charge is 0.354 e. The molecule has 174 valence electrons. The number of carbonyl (C=O) groups excluding carboxylic acids is 2. The second-order valence-electron chi connectivity index (χ2n) is 10.2. The first kappa shape index (κ1) is 22.1. The number of nitrogens with one attached hydrogen (secondary N) is 1. The molecule has 3 aliphatic rings. The van der Waals surface area contributed by atoms with Crippen molar-refractivity contribution in [3.63, 3.8) is 0 Å². The molecule has 2 saturated carbocycles. The van der Waals surface area contributed by atoms with E-state index in [1.807, 2.05) is 41.3 Å². The van der Waals surface area contributed by atoms with E-state index in [4.69, 9.17) is 5.73 Å². The van der Waals surface area contributed by atoms with E-state index in [1.165, 1.54) is 11.1 Å². The van der Waals surface area contributed by atoms with Crippen LogP contribution in [0.25, 0.3) is 0 Å². The Balaban J connectivity index is 1.29. The van der Waals surface area contributed by atoms with Crippen LogP contribution in [0.2, 0.25) is 0 Å². The van der Waals surface area contributed by atoms with Crippen LogP contribution in [0.5, 0.6) is 0 Å². The SMILES string of the molecule is NC1CCC(CNC(=O)[C@@H]2CCCN2C(=O)[C@H]2CC2(c2ccccc2)c2ccccc2)CC1. The Morgan fingerprint density at radius 2 is 1.52 bits per heavy atom. The molecule has 5 heteroatoms. The molecule has 5 nitrogen and oxygen atoms in total. The highest BCUT2D eigenvalue weighted by molar-refractivity contribution is 5.92. The molecule has 0 bridgehead atoms. The Kier molecular flexibility index (Phi) is 6.24. The average Bonchev–Trinajstić information content (AvgIpc) is 3.44. The van der Waals surface area contributed by atoms with Crippen molar-refractivity contribution in [3.05, 3.63) is 71.8 Å². The van der Waals surface area contributed by atoms with Gasteiger partial charge in [0.1, 0.15) is 6.04 Å². The smallest absolute Gasteiger partial charge is 0.242 e. The number of amides is 2. The fraction of sp³-hybridized carbons (Fsp3) is 0.500. The second-order valence-corrected chi connectivity index (χ2v) is 10.2.